The van der Waals surface area contributed by atoms with Crippen molar-refractivity contribution in [2.45, 2.75) is 6.42 Å². The summed E-state index contributed by atoms with van der Waals surface area (Å²) < 4.78 is 7.18. The number of nitrogens with zero attached hydrogens (tertiary/aromatic N) is 5. The second-order valence-corrected chi connectivity index (χ2v) is 7.66. The standard InChI is InChI=1S/C25H21N5O2/c26-16-18-2-4-19(5-3-18)22-17-27-30-12-10-23(28-24(22)30)20-6-8-21(9-7-20)25(31)29-11-1-14-32-15-13-29/h2-10,12,17H,1,11,13-15H2. The van der Waals surface area contributed by atoms with Crippen molar-refractivity contribution in [3.63, 3.8) is 0 Å². The largest absolute Gasteiger partial charge is 0.380 e. The van der Waals surface area contributed by atoms with Crippen LogP contribution in [0, 0.1) is 11.3 Å². The zero-order valence-electron chi connectivity index (χ0n) is 17.4. The smallest absolute Gasteiger partial charge is 0.253 e. The van der Waals surface area contributed by atoms with Crippen molar-refractivity contribution in [1.82, 2.24) is 19.5 Å². The van der Waals surface area contributed by atoms with Crippen LogP contribution in [0.25, 0.3) is 28.0 Å². The Labute approximate surface area is 185 Å². The van der Waals surface area contributed by atoms with Crippen molar-refractivity contribution in [3.8, 4) is 28.5 Å². The van der Waals surface area contributed by atoms with Gasteiger partial charge >= 0.3 is 0 Å². The van der Waals surface area contributed by atoms with Gasteiger partial charge in [-0.25, -0.2) is 9.50 Å². The minimum absolute atomic E-state index is 0.0318. The first-order valence-corrected chi connectivity index (χ1v) is 10.6. The van der Waals surface area contributed by atoms with Gasteiger partial charge in [0.15, 0.2) is 5.65 Å². The number of aromatic nitrogens is 3. The molecule has 0 radical (unpaired) electrons. The van der Waals surface area contributed by atoms with Crippen molar-refractivity contribution in [2.75, 3.05) is 26.3 Å². The molecule has 0 saturated carbocycles. The number of nitriles is 1. The Morgan fingerprint density at radius 3 is 2.53 bits per heavy atom. The van der Waals surface area contributed by atoms with Crippen molar-refractivity contribution >= 4 is 11.6 Å². The van der Waals surface area contributed by atoms with E-state index in [1.807, 2.05) is 53.6 Å². The highest BCUT2D eigenvalue weighted by molar-refractivity contribution is 5.94. The van der Waals surface area contributed by atoms with Crippen LogP contribution in [-0.2, 0) is 4.74 Å². The molecule has 2 aromatic heterocycles. The SMILES string of the molecule is N#Cc1ccc(-c2cnn3ccc(-c4ccc(C(=O)N5CCCOCC5)cc4)nc23)cc1. The maximum Gasteiger partial charge on any atom is 0.253 e. The second-order valence-electron chi connectivity index (χ2n) is 7.66. The van der Waals surface area contributed by atoms with Gasteiger partial charge in [0.05, 0.1) is 30.1 Å². The molecule has 1 saturated heterocycles. The van der Waals surface area contributed by atoms with Crippen LogP contribution >= 0.6 is 0 Å². The van der Waals surface area contributed by atoms with E-state index in [1.54, 1.807) is 22.8 Å². The molecule has 0 atom stereocenters. The van der Waals surface area contributed by atoms with Crippen molar-refractivity contribution in [2.24, 2.45) is 0 Å². The lowest BCUT2D eigenvalue weighted by Crippen LogP contribution is -2.33. The Kier molecular flexibility index (Phi) is 5.36. The van der Waals surface area contributed by atoms with E-state index in [0.29, 0.717) is 30.9 Å². The molecule has 3 heterocycles. The first-order valence-electron chi connectivity index (χ1n) is 10.6. The topological polar surface area (TPSA) is 83.5 Å². The van der Waals surface area contributed by atoms with Gasteiger partial charge in [0.25, 0.3) is 5.91 Å². The van der Waals surface area contributed by atoms with Crippen LogP contribution in [-0.4, -0.2) is 51.7 Å². The number of rotatable bonds is 3. The van der Waals surface area contributed by atoms with Gasteiger partial charge in [0, 0.05) is 42.6 Å². The molecule has 32 heavy (non-hydrogen) atoms. The van der Waals surface area contributed by atoms with Gasteiger partial charge in [-0.1, -0.05) is 24.3 Å². The van der Waals surface area contributed by atoms with Crippen LogP contribution in [0.15, 0.2) is 67.0 Å². The van der Waals surface area contributed by atoms with Crippen LogP contribution in [0.2, 0.25) is 0 Å². The maximum absolute atomic E-state index is 12.8. The lowest BCUT2D eigenvalue weighted by molar-refractivity contribution is 0.0741. The van der Waals surface area contributed by atoms with Gasteiger partial charge in [-0.05, 0) is 42.3 Å². The summed E-state index contributed by atoms with van der Waals surface area (Å²) in [6.07, 6.45) is 4.52. The maximum atomic E-state index is 12.8. The van der Waals surface area contributed by atoms with E-state index in [0.717, 1.165) is 41.0 Å². The first-order chi connectivity index (χ1) is 15.7. The monoisotopic (exact) mass is 423 g/mol. The van der Waals surface area contributed by atoms with E-state index in [9.17, 15) is 4.79 Å². The van der Waals surface area contributed by atoms with Crippen LogP contribution in [0.5, 0.6) is 0 Å². The summed E-state index contributed by atoms with van der Waals surface area (Å²) in [7, 11) is 0. The van der Waals surface area contributed by atoms with Crippen LogP contribution in [0.4, 0.5) is 0 Å². The quantitative estimate of drug-likeness (QED) is 0.501. The van der Waals surface area contributed by atoms with E-state index >= 15 is 0 Å². The molecule has 5 rings (SSSR count). The molecule has 0 unspecified atom stereocenters. The van der Waals surface area contributed by atoms with Gasteiger partial charge in [-0.3, -0.25) is 4.79 Å². The molecular weight excluding hydrogens is 402 g/mol. The Bertz CT molecular complexity index is 1300. The van der Waals surface area contributed by atoms with Gasteiger partial charge in [-0.15, -0.1) is 0 Å². The molecular formula is C25H21N5O2. The number of hydrogen-bond acceptors (Lipinski definition) is 5. The highest BCUT2D eigenvalue weighted by Crippen LogP contribution is 2.26. The number of benzene rings is 2. The molecule has 0 bridgehead atoms. The van der Waals surface area contributed by atoms with Gasteiger partial charge in [0.2, 0.25) is 0 Å². The molecule has 1 amide bonds. The summed E-state index contributed by atoms with van der Waals surface area (Å²) in [6.45, 7) is 2.63. The van der Waals surface area contributed by atoms with E-state index in [1.165, 1.54) is 0 Å². The molecule has 1 fully saturated rings. The Morgan fingerprint density at radius 2 is 1.75 bits per heavy atom. The minimum Gasteiger partial charge on any atom is -0.380 e. The van der Waals surface area contributed by atoms with Crippen LogP contribution < -0.4 is 0 Å². The fraction of sp³-hybridized carbons (Fsp3) is 0.200. The minimum atomic E-state index is 0.0318. The first kappa shape index (κ1) is 19.9. The average Bonchev–Trinajstić information content (AvgIpc) is 3.08. The van der Waals surface area contributed by atoms with Crippen molar-refractivity contribution in [1.29, 1.82) is 5.26 Å². The normalized spacial score (nSPS) is 14.2. The van der Waals surface area contributed by atoms with Gasteiger partial charge in [0.1, 0.15) is 0 Å². The molecule has 158 valence electrons. The van der Waals surface area contributed by atoms with Crippen molar-refractivity contribution < 1.29 is 9.53 Å². The van der Waals surface area contributed by atoms with Gasteiger partial charge in [-0.2, -0.15) is 10.4 Å². The molecule has 7 nitrogen and oxygen atoms in total. The van der Waals surface area contributed by atoms with E-state index in [4.69, 9.17) is 15.0 Å². The van der Waals surface area contributed by atoms with Gasteiger partial charge < -0.3 is 9.64 Å². The number of amides is 1. The second kappa shape index (κ2) is 8.61. The number of carbonyl (C=O) groups is 1. The van der Waals surface area contributed by atoms with Crippen LogP contribution in [0.3, 0.4) is 0 Å². The van der Waals surface area contributed by atoms with Crippen molar-refractivity contribution in [3.05, 3.63) is 78.1 Å². The molecule has 0 N–H and O–H groups in total. The molecule has 2 aromatic carbocycles. The molecule has 7 heteroatoms. The Morgan fingerprint density at radius 1 is 0.969 bits per heavy atom. The fourth-order valence-electron chi connectivity index (χ4n) is 3.87. The summed E-state index contributed by atoms with van der Waals surface area (Å²) >= 11 is 0. The summed E-state index contributed by atoms with van der Waals surface area (Å²) in [6, 6.07) is 19.0. The highest BCUT2D eigenvalue weighted by Gasteiger charge is 2.17. The Hall–Kier alpha value is -4.02. The van der Waals surface area contributed by atoms with Crippen LogP contribution in [0.1, 0.15) is 22.3 Å². The molecule has 1 aliphatic heterocycles. The number of hydrogen-bond donors (Lipinski definition) is 0. The number of carbonyl (C=O) groups excluding carboxylic acids is 1. The molecule has 0 aliphatic carbocycles. The third-order valence-corrected chi connectivity index (χ3v) is 5.63. The summed E-state index contributed by atoms with van der Waals surface area (Å²) in [4.78, 5) is 19.5. The fourth-order valence-corrected chi connectivity index (χ4v) is 3.87. The average molecular weight is 423 g/mol. The lowest BCUT2D eigenvalue weighted by Gasteiger charge is -2.19. The highest BCUT2D eigenvalue weighted by atomic mass is 16.5. The van der Waals surface area contributed by atoms with E-state index < -0.39 is 0 Å². The predicted octanol–water partition coefficient (Wildman–Crippen LogP) is 3.80. The molecule has 1 aliphatic rings. The number of ether oxygens (including phenoxy) is 1. The molecule has 4 aromatic rings. The lowest BCUT2D eigenvalue weighted by atomic mass is 10.1. The van der Waals surface area contributed by atoms with E-state index in [-0.39, 0.29) is 5.91 Å². The summed E-state index contributed by atoms with van der Waals surface area (Å²) in [5.41, 5.74) is 5.58. The molecule has 0 spiro atoms. The third-order valence-electron chi connectivity index (χ3n) is 5.63. The summed E-state index contributed by atoms with van der Waals surface area (Å²) in [5.74, 6) is 0.0318. The Balaban J connectivity index is 1.43. The predicted molar refractivity (Wildman–Crippen MR) is 120 cm³/mol. The number of fused-ring (bicyclic) bond motifs is 1. The third kappa shape index (κ3) is 3.84. The van der Waals surface area contributed by atoms with E-state index in [2.05, 4.69) is 11.2 Å². The zero-order chi connectivity index (χ0) is 21.9. The zero-order valence-corrected chi connectivity index (χ0v) is 17.4. The summed E-state index contributed by atoms with van der Waals surface area (Å²) in [5, 5.41) is 13.4.